The third-order valence-electron chi connectivity index (χ3n) is 2.94. The molecule has 0 aliphatic carbocycles. The van der Waals surface area contributed by atoms with Crippen LogP contribution < -0.4 is 5.73 Å². The lowest BCUT2D eigenvalue weighted by atomic mass is 10.1. The Labute approximate surface area is 117 Å². The number of benzene rings is 1. The molecule has 4 nitrogen and oxygen atoms in total. The Bertz CT molecular complexity index is 539. The maximum atomic E-state index is 5.98. The Kier molecular flexibility index (Phi) is 4.61. The van der Waals surface area contributed by atoms with Gasteiger partial charge in [-0.2, -0.15) is 4.98 Å². The fourth-order valence-corrected chi connectivity index (χ4v) is 2.48. The first-order chi connectivity index (χ1) is 9.08. The van der Waals surface area contributed by atoms with Crippen LogP contribution in [0, 0.1) is 12.8 Å². The number of nitrogens with zero attached hydrogens (tertiary/aromatic N) is 2. The lowest BCUT2D eigenvalue weighted by Crippen LogP contribution is -2.17. The van der Waals surface area contributed by atoms with Crippen LogP contribution in [-0.4, -0.2) is 10.1 Å². The van der Waals surface area contributed by atoms with Gasteiger partial charge in [0.05, 0.1) is 11.8 Å². The summed E-state index contributed by atoms with van der Waals surface area (Å²) in [6.45, 7) is 6.17. The fraction of sp³-hybridized carbons (Fsp3) is 0.429. The van der Waals surface area contributed by atoms with Gasteiger partial charge in [-0.25, -0.2) is 0 Å². The molecule has 1 aromatic carbocycles. The summed E-state index contributed by atoms with van der Waals surface area (Å²) < 4.78 is 5.21. The maximum Gasteiger partial charge on any atom is 0.243 e. The van der Waals surface area contributed by atoms with Crippen LogP contribution in [0.1, 0.15) is 37.2 Å². The van der Waals surface area contributed by atoms with E-state index in [9.17, 15) is 0 Å². The first-order valence-electron chi connectivity index (χ1n) is 6.34. The molecule has 1 atom stereocenters. The van der Waals surface area contributed by atoms with Crippen molar-refractivity contribution in [2.75, 3.05) is 0 Å². The van der Waals surface area contributed by atoms with Crippen LogP contribution in [-0.2, 0) is 5.75 Å². The summed E-state index contributed by atoms with van der Waals surface area (Å²) in [7, 11) is 0. The van der Waals surface area contributed by atoms with Gasteiger partial charge in [-0.3, -0.25) is 0 Å². The van der Waals surface area contributed by atoms with Crippen LogP contribution in [0.15, 0.2) is 33.7 Å². The highest BCUT2D eigenvalue weighted by molar-refractivity contribution is 7.98. The summed E-state index contributed by atoms with van der Waals surface area (Å²) in [5, 5.41) is 3.98. The molecular weight excluding hydrogens is 258 g/mol. The van der Waals surface area contributed by atoms with Crippen LogP contribution in [0.3, 0.4) is 0 Å². The molecule has 0 spiro atoms. The van der Waals surface area contributed by atoms with E-state index < -0.39 is 0 Å². The van der Waals surface area contributed by atoms with E-state index in [1.165, 1.54) is 10.5 Å². The lowest BCUT2D eigenvalue weighted by Gasteiger charge is -2.09. The highest BCUT2D eigenvalue weighted by Gasteiger charge is 2.18. The van der Waals surface area contributed by atoms with E-state index in [-0.39, 0.29) is 12.0 Å². The predicted octanol–water partition coefficient (Wildman–Crippen LogP) is 3.33. The lowest BCUT2D eigenvalue weighted by molar-refractivity contribution is 0.323. The summed E-state index contributed by atoms with van der Waals surface area (Å²) >= 11 is 1.71. The molecule has 19 heavy (non-hydrogen) atoms. The first-order valence-corrected chi connectivity index (χ1v) is 7.33. The van der Waals surface area contributed by atoms with Crippen molar-refractivity contribution >= 4 is 11.8 Å². The number of aromatic nitrogens is 2. The molecule has 5 heteroatoms. The highest BCUT2D eigenvalue weighted by atomic mass is 32.2. The minimum atomic E-state index is -0.190. The van der Waals surface area contributed by atoms with Crippen molar-refractivity contribution in [1.82, 2.24) is 10.1 Å². The summed E-state index contributed by atoms with van der Waals surface area (Å²) in [6.07, 6.45) is 0. The molecule has 0 aliphatic rings. The van der Waals surface area contributed by atoms with E-state index in [2.05, 4.69) is 29.2 Å². The smallest absolute Gasteiger partial charge is 0.243 e. The normalized spacial score (nSPS) is 12.9. The van der Waals surface area contributed by atoms with Crippen molar-refractivity contribution in [3.8, 4) is 0 Å². The molecule has 0 unspecified atom stereocenters. The average molecular weight is 277 g/mol. The second-order valence-electron chi connectivity index (χ2n) is 4.87. The van der Waals surface area contributed by atoms with Gasteiger partial charge < -0.3 is 10.3 Å². The van der Waals surface area contributed by atoms with E-state index in [0.29, 0.717) is 17.5 Å². The molecule has 0 amide bonds. The molecular formula is C14H19N3OS. The van der Waals surface area contributed by atoms with E-state index >= 15 is 0 Å². The fourth-order valence-electron chi connectivity index (χ4n) is 1.61. The van der Waals surface area contributed by atoms with Crippen molar-refractivity contribution in [2.45, 2.75) is 37.5 Å². The number of aryl methyl sites for hydroxylation is 1. The van der Waals surface area contributed by atoms with Crippen molar-refractivity contribution in [1.29, 1.82) is 0 Å². The molecule has 1 heterocycles. The van der Waals surface area contributed by atoms with Gasteiger partial charge >= 0.3 is 0 Å². The standard InChI is InChI=1S/C14H19N3OS/c1-9(2)13(15)14-16-12(17-18-14)8-19-11-7-5-4-6-10(11)3/h4-7,9,13H,8,15H2,1-3H3/t13-/m1/s1. The zero-order chi connectivity index (χ0) is 13.8. The average Bonchev–Trinajstić information content (AvgIpc) is 2.85. The number of rotatable bonds is 5. The van der Waals surface area contributed by atoms with Gasteiger partial charge in [-0.15, -0.1) is 11.8 Å². The topological polar surface area (TPSA) is 64.9 Å². The number of nitrogens with two attached hydrogens (primary N) is 1. The highest BCUT2D eigenvalue weighted by Crippen LogP contribution is 2.25. The number of hydrogen-bond donors (Lipinski definition) is 1. The minimum absolute atomic E-state index is 0.190. The Morgan fingerprint density at radius 1 is 1.32 bits per heavy atom. The van der Waals surface area contributed by atoms with E-state index in [0.717, 1.165) is 0 Å². The van der Waals surface area contributed by atoms with Crippen molar-refractivity contribution in [3.05, 3.63) is 41.5 Å². The molecule has 0 saturated heterocycles. The summed E-state index contributed by atoms with van der Waals surface area (Å²) in [6, 6.07) is 8.07. The van der Waals surface area contributed by atoms with Crippen LogP contribution in [0.5, 0.6) is 0 Å². The van der Waals surface area contributed by atoms with Gasteiger partial charge in [0.15, 0.2) is 5.82 Å². The molecule has 2 rings (SSSR count). The molecule has 102 valence electrons. The Morgan fingerprint density at radius 3 is 2.74 bits per heavy atom. The maximum absolute atomic E-state index is 5.98. The monoisotopic (exact) mass is 277 g/mol. The van der Waals surface area contributed by atoms with Crippen molar-refractivity contribution < 1.29 is 4.52 Å². The summed E-state index contributed by atoms with van der Waals surface area (Å²) in [5.41, 5.74) is 7.24. The largest absolute Gasteiger partial charge is 0.338 e. The Balaban J connectivity index is 1.99. The van der Waals surface area contributed by atoms with Crippen LogP contribution >= 0.6 is 11.8 Å². The molecule has 0 aliphatic heterocycles. The molecule has 0 radical (unpaired) electrons. The van der Waals surface area contributed by atoms with Gasteiger partial charge in [0.1, 0.15) is 0 Å². The predicted molar refractivity (Wildman–Crippen MR) is 76.8 cm³/mol. The number of thioether (sulfide) groups is 1. The first kappa shape index (κ1) is 14.1. The SMILES string of the molecule is Cc1ccccc1SCc1noc([C@H](N)C(C)C)n1. The van der Waals surface area contributed by atoms with Gasteiger partial charge in [-0.05, 0) is 24.5 Å². The van der Waals surface area contributed by atoms with Gasteiger partial charge in [0.25, 0.3) is 0 Å². The third-order valence-corrected chi connectivity index (χ3v) is 4.11. The number of hydrogen-bond acceptors (Lipinski definition) is 5. The minimum Gasteiger partial charge on any atom is -0.338 e. The van der Waals surface area contributed by atoms with Crippen molar-refractivity contribution in [3.63, 3.8) is 0 Å². The van der Waals surface area contributed by atoms with Crippen LogP contribution in [0.4, 0.5) is 0 Å². The molecule has 2 aromatic rings. The Morgan fingerprint density at radius 2 is 2.05 bits per heavy atom. The molecule has 1 aromatic heterocycles. The van der Waals surface area contributed by atoms with Gasteiger partial charge in [0.2, 0.25) is 5.89 Å². The molecule has 2 N–H and O–H groups in total. The van der Waals surface area contributed by atoms with E-state index in [1.807, 2.05) is 26.0 Å². The van der Waals surface area contributed by atoms with Gasteiger partial charge in [0, 0.05) is 4.90 Å². The van der Waals surface area contributed by atoms with E-state index in [4.69, 9.17) is 10.3 Å². The molecule has 0 saturated carbocycles. The van der Waals surface area contributed by atoms with E-state index in [1.54, 1.807) is 11.8 Å². The van der Waals surface area contributed by atoms with Crippen LogP contribution in [0.2, 0.25) is 0 Å². The summed E-state index contributed by atoms with van der Waals surface area (Å²) in [5.74, 6) is 2.20. The zero-order valence-corrected chi connectivity index (χ0v) is 12.3. The molecule has 0 bridgehead atoms. The molecule has 0 fully saturated rings. The van der Waals surface area contributed by atoms with Crippen molar-refractivity contribution in [2.24, 2.45) is 11.7 Å². The quantitative estimate of drug-likeness (QED) is 0.849. The second kappa shape index (κ2) is 6.21. The zero-order valence-electron chi connectivity index (χ0n) is 11.5. The summed E-state index contributed by atoms with van der Waals surface area (Å²) in [4.78, 5) is 5.59. The van der Waals surface area contributed by atoms with Gasteiger partial charge in [-0.1, -0.05) is 37.2 Å². The Hall–Kier alpha value is -1.33. The van der Waals surface area contributed by atoms with Crippen LogP contribution in [0.25, 0.3) is 0 Å². The second-order valence-corrected chi connectivity index (χ2v) is 5.89. The third kappa shape index (κ3) is 3.58.